The number of halogens is 5. The van der Waals surface area contributed by atoms with Crippen LogP contribution in [0.15, 0.2) is 29.2 Å². The topological polar surface area (TPSA) is 94.3 Å². The van der Waals surface area contributed by atoms with E-state index in [1.165, 1.54) is 6.07 Å². The molecule has 1 rings (SSSR count). The summed E-state index contributed by atoms with van der Waals surface area (Å²) in [5, 5.41) is 4.63. The molecule has 12 heteroatoms. The summed E-state index contributed by atoms with van der Waals surface area (Å²) in [4.78, 5) is -0.910. The molecule has 0 aromatic heterocycles. The molecule has 0 saturated heterocycles. The summed E-state index contributed by atoms with van der Waals surface area (Å²) in [5.41, 5.74) is -1.25. The Hall–Kier alpha value is -0.550. The maximum atomic E-state index is 12.3. The van der Waals surface area contributed by atoms with Crippen molar-refractivity contribution in [3.05, 3.63) is 29.8 Å². The third-order valence-electron chi connectivity index (χ3n) is 1.50. The Bertz CT molecular complexity index is 635. The van der Waals surface area contributed by atoms with Crippen LogP contribution in [0.1, 0.15) is 5.56 Å². The minimum Gasteiger partial charge on any atom is -0.225 e. The van der Waals surface area contributed by atoms with Gasteiger partial charge in [0.2, 0.25) is 10.0 Å². The van der Waals surface area contributed by atoms with E-state index >= 15 is 0 Å². The molecule has 0 aliphatic carbocycles. The van der Waals surface area contributed by atoms with E-state index in [1.54, 1.807) is 0 Å². The van der Waals surface area contributed by atoms with Crippen molar-refractivity contribution in [3.63, 3.8) is 0 Å². The first-order chi connectivity index (χ1) is 8.23. The van der Waals surface area contributed by atoms with Gasteiger partial charge in [0, 0.05) is 21.4 Å². The smallest absolute Gasteiger partial charge is 0.225 e. The second-order valence-corrected chi connectivity index (χ2v) is 8.12. The van der Waals surface area contributed by atoms with Crippen molar-refractivity contribution in [3.8, 4) is 0 Å². The van der Waals surface area contributed by atoms with Crippen molar-refractivity contribution >= 4 is 39.7 Å². The lowest BCUT2D eigenvalue weighted by Gasteiger charge is -2.10. The minimum absolute atomic E-state index is 0.666. The maximum absolute atomic E-state index is 12.3. The van der Waals surface area contributed by atoms with Gasteiger partial charge in [-0.05, 0) is 12.1 Å². The van der Waals surface area contributed by atoms with Crippen molar-refractivity contribution in [2.75, 3.05) is 0 Å². The van der Waals surface area contributed by atoms with Gasteiger partial charge in [0.05, 0.1) is 10.5 Å². The van der Waals surface area contributed by atoms with E-state index in [-0.39, 0.29) is 0 Å². The maximum Gasteiger partial charge on any atom is 0.417 e. The largest absolute Gasteiger partial charge is 0.417 e. The van der Waals surface area contributed by atoms with Gasteiger partial charge in [0.1, 0.15) is 0 Å². The molecule has 0 unspecified atom stereocenters. The Morgan fingerprint density at radius 2 is 1.37 bits per heavy atom. The van der Waals surface area contributed by atoms with Gasteiger partial charge in [-0.15, -0.1) is 0 Å². The summed E-state index contributed by atoms with van der Waals surface area (Å²) in [7, 11) is 0.477. The van der Waals surface area contributed by atoms with Crippen molar-refractivity contribution in [1.29, 1.82) is 0 Å². The van der Waals surface area contributed by atoms with E-state index in [2.05, 4.69) is 26.5 Å². The Morgan fingerprint density at radius 1 is 1.00 bits per heavy atom. The molecule has 2 N–H and O–H groups in total. The highest BCUT2D eigenvalue weighted by molar-refractivity contribution is 8.31. The van der Waals surface area contributed by atoms with Crippen LogP contribution in [0.2, 0.25) is 0 Å². The summed E-state index contributed by atoms with van der Waals surface area (Å²) in [6, 6.07) is 3.75. The van der Waals surface area contributed by atoms with Crippen LogP contribution in [0.4, 0.5) is 13.2 Å². The number of primary sulfonamides is 1. The zero-order valence-electron chi connectivity index (χ0n) is 8.73. The molecule has 0 spiro atoms. The average Bonchev–Trinajstić information content (AvgIpc) is 2.12. The molecule has 0 aliphatic heterocycles. The molecule has 110 valence electrons. The summed E-state index contributed by atoms with van der Waals surface area (Å²) in [5.74, 6) is 0. The van der Waals surface area contributed by atoms with Crippen molar-refractivity contribution in [2.45, 2.75) is 11.1 Å². The molecule has 1 aromatic rings. The van der Waals surface area contributed by atoms with Crippen LogP contribution < -0.4 is 5.14 Å². The number of sulfonamides is 1. The molecule has 19 heavy (non-hydrogen) atoms. The predicted octanol–water partition coefficient (Wildman–Crippen LogP) is 2.06. The second kappa shape index (κ2) is 6.27. The first-order valence-corrected chi connectivity index (χ1v) is 8.74. The molecule has 0 amide bonds. The van der Waals surface area contributed by atoms with Gasteiger partial charge in [-0.25, -0.2) is 13.6 Å². The average molecular weight is 360 g/mol. The van der Waals surface area contributed by atoms with Crippen molar-refractivity contribution in [2.24, 2.45) is 5.14 Å². The van der Waals surface area contributed by atoms with Crippen molar-refractivity contribution < 1.29 is 30.0 Å². The van der Waals surface area contributed by atoms with Crippen LogP contribution in [0.3, 0.4) is 0 Å². The van der Waals surface area contributed by atoms with E-state index in [0.29, 0.717) is 6.07 Å². The number of alkyl halides is 3. The first kappa shape index (κ1) is 18.4. The third-order valence-corrected chi connectivity index (χ3v) is 2.47. The lowest BCUT2D eigenvalue weighted by Crippen LogP contribution is -2.18. The zero-order chi connectivity index (χ0) is 15.5. The zero-order valence-corrected chi connectivity index (χ0v) is 11.9. The third kappa shape index (κ3) is 8.26. The first-order valence-electron chi connectivity index (χ1n) is 4.06. The lowest BCUT2D eigenvalue weighted by molar-refractivity contribution is -0.139. The minimum atomic E-state index is -4.72. The number of rotatable bonds is 1. The van der Waals surface area contributed by atoms with Crippen LogP contribution in [0.5, 0.6) is 0 Å². The fourth-order valence-corrected chi connectivity index (χ4v) is 1.71. The molecule has 0 radical (unpaired) electrons. The van der Waals surface area contributed by atoms with Crippen LogP contribution in [0, 0.1) is 0 Å². The molecule has 0 heterocycles. The second-order valence-electron chi connectivity index (χ2n) is 2.92. The van der Waals surface area contributed by atoms with Gasteiger partial charge in [-0.2, -0.15) is 21.6 Å². The van der Waals surface area contributed by atoms with E-state index in [4.69, 9.17) is 8.42 Å². The molecular formula is C7H6Cl2F3NO4S2. The number of nitrogens with two attached hydrogens (primary N) is 1. The van der Waals surface area contributed by atoms with Crippen LogP contribution in [-0.2, 0) is 24.5 Å². The number of benzene rings is 1. The summed E-state index contributed by atoms with van der Waals surface area (Å²) in [6.07, 6.45) is -4.72. The molecule has 5 nitrogen and oxygen atoms in total. The molecule has 0 aliphatic rings. The molecular weight excluding hydrogens is 354 g/mol. The number of hydrogen-bond acceptors (Lipinski definition) is 4. The SMILES string of the molecule is NS(=O)(=O)c1ccccc1C(F)(F)F.O=S(=O)(Cl)Cl. The highest BCUT2D eigenvalue weighted by atomic mass is 36.0. The Labute approximate surface area is 116 Å². The van der Waals surface area contributed by atoms with Gasteiger partial charge < -0.3 is 0 Å². The van der Waals surface area contributed by atoms with E-state index in [9.17, 15) is 21.6 Å². The quantitative estimate of drug-likeness (QED) is 0.776. The Kier molecular flexibility index (Phi) is 6.09. The summed E-state index contributed by atoms with van der Waals surface area (Å²) in [6.45, 7) is 0. The van der Waals surface area contributed by atoms with Gasteiger partial charge >= 0.3 is 14.4 Å². The summed E-state index contributed by atoms with van der Waals surface area (Å²) < 4.78 is 76.7. The molecule has 0 bridgehead atoms. The van der Waals surface area contributed by atoms with Gasteiger partial charge in [-0.3, -0.25) is 0 Å². The fourth-order valence-electron chi connectivity index (χ4n) is 0.949. The molecule has 0 fully saturated rings. The molecule has 0 atom stereocenters. The van der Waals surface area contributed by atoms with Gasteiger partial charge in [-0.1, -0.05) is 12.1 Å². The van der Waals surface area contributed by atoms with E-state index in [1.807, 2.05) is 0 Å². The Balaban J connectivity index is 0.000000555. The lowest BCUT2D eigenvalue weighted by atomic mass is 10.2. The monoisotopic (exact) mass is 359 g/mol. The normalized spacial score (nSPS) is 12.5. The van der Waals surface area contributed by atoms with Gasteiger partial charge in [0.15, 0.2) is 0 Å². The highest BCUT2D eigenvalue weighted by Crippen LogP contribution is 2.33. The van der Waals surface area contributed by atoms with Crippen LogP contribution in [0.25, 0.3) is 0 Å². The predicted molar refractivity (Wildman–Crippen MR) is 63.4 cm³/mol. The van der Waals surface area contributed by atoms with Crippen LogP contribution >= 0.6 is 21.4 Å². The van der Waals surface area contributed by atoms with E-state index in [0.717, 1.165) is 12.1 Å². The molecule has 0 saturated carbocycles. The highest BCUT2D eigenvalue weighted by Gasteiger charge is 2.35. The van der Waals surface area contributed by atoms with Crippen molar-refractivity contribution in [1.82, 2.24) is 0 Å². The van der Waals surface area contributed by atoms with Gasteiger partial charge in [0.25, 0.3) is 0 Å². The molecule has 1 aromatic carbocycles. The summed E-state index contributed by atoms with van der Waals surface area (Å²) >= 11 is 0. The number of hydrogen-bond donors (Lipinski definition) is 1. The standard InChI is InChI=1S/C7H6F3NO2S.Cl2O2S/c8-7(9,10)5-3-1-2-4-6(5)14(11,12)13;1-5(2,3)4/h1-4H,(H2,11,12,13);. The fraction of sp³-hybridized carbons (Fsp3) is 0.143. The Morgan fingerprint density at radius 3 is 1.63 bits per heavy atom. The van der Waals surface area contributed by atoms with Crippen LogP contribution in [-0.4, -0.2) is 16.8 Å². The van der Waals surface area contributed by atoms with E-state index < -0.39 is 34.9 Å².